The van der Waals surface area contributed by atoms with Gasteiger partial charge in [0.2, 0.25) is 0 Å². The summed E-state index contributed by atoms with van der Waals surface area (Å²) in [5.41, 5.74) is -0.316. The molecule has 1 aromatic carbocycles. The van der Waals surface area contributed by atoms with E-state index < -0.39 is 10.5 Å². The number of hydrogen-bond donors (Lipinski definition) is 1. The zero-order valence-electron chi connectivity index (χ0n) is 8.93. The van der Waals surface area contributed by atoms with Crippen molar-refractivity contribution in [1.82, 2.24) is 0 Å². The van der Waals surface area contributed by atoms with Crippen LogP contribution in [-0.2, 0) is 0 Å². The van der Waals surface area contributed by atoms with E-state index >= 15 is 0 Å². The highest BCUT2D eigenvalue weighted by atomic mass is 16.6. The third-order valence-corrected chi connectivity index (χ3v) is 2.31. The first-order valence-electron chi connectivity index (χ1n) is 4.79. The Hall–Kier alpha value is -2.04. The van der Waals surface area contributed by atoms with Crippen LogP contribution in [0.2, 0.25) is 0 Å². The van der Waals surface area contributed by atoms with Crippen molar-refractivity contribution in [2.75, 3.05) is 0 Å². The number of nitro groups is 1. The fourth-order valence-electron chi connectivity index (χ4n) is 1.64. The molecular weight excluding hydrogens is 210 g/mol. The molecule has 0 radical (unpaired) electrons. The van der Waals surface area contributed by atoms with Gasteiger partial charge >= 0.3 is 0 Å². The van der Waals surface area contributed by atoms with Crippen molar-refractivity contribution in [3.63, 3.8) is 0 Å². The van der Waals surface area contributed by atoms with Gasteiger partial charge in [-0.1, -0.05) is 0 Å². The summed E-state index contributed by atoms with van der Waals surface area (Å²) in [6.45, 7) is 3.60. The van der Waals surface area contributed by atoms with Gasteiger partial charge in [-0.25, -0.2) is 0 Å². The molecule has 0 aliphatic carbocycles. The third-order valence-electron chi connectivity index (χ3n) is 2.31. The van der Waals surface area contributed by atoms with Crippen molar-refractivity contribution in [3.05, 3.63) is 40.0 Å². The number of benzene rings is 1. The molecule has 1 aliphatic heterocycles. The van der Waals surface area contributed by atoms with Crippen LogP contribution in [0.5, 0.6) is 5.75 Å². The van der Waals surface area contributed by atoms with Crippen LogP contribution in [0.1, 0.15) is 19.4 Å². The topological polar surface area (TPSA) is 72.6 Å². The molecule has 0 fully saturated rings. The number of fused-ring (bicyclic) bond motifs is 1. The van der Waals surface area contributed by atoms with Crippen LogP contribution in [0.15, 0.2) is 24.3 Å². The number of aliphatic hydroxyl groups is 1. The SMILES string of the molecule is CC1(C)C=C(O)c2cc([N+](=O)[O-])ccc2O1. The highest BCUT2D eigenvalue weighted by Crippen LogP contribution is 2.36. The van der Waals surface area contributed by atoms with Gasteiger partial charge in [-0.15, -0.1) is 0 Å². The smallest absolute Gasteiger partial charge is 0.270 e. The predicted octanol–water partition coefficient (Wildman–Crippen LogP) is 2.66. The summed E-state index contributed by atoms with van der Waals surface area (Å²) >= 11 is 0. The molecule has 84 valence electrons. The zero-order valence-corrected chi connectivity index (χ0v) is 8.93. The fraction of sp³-hybridized carbons (Fsp3) is 0.273. The molecule has 0 unspecified atom stereocenters. The first-order chi connectivity index (χ1) is 7.39. The predicted molar refractivity (Wildman–Crippen MR) is 58.4 cm³/mol. The van der Waals surface area contributed by atoms with Crippen LogP contribution in [0.3, 0.4) is 0 Å². The van der Waals surface area contributed by atoms with Crippen LogP contribution in [0.25, 0.3) is 5.76 Å². The van der Waals surface area contributed by atoms with E-state index in [1.807, 2.05) is 0 Å². The van der Waals surface area contributed by atoms with E-state index in [1.165, 1.54) is 24.3 Å². The van der Waals surface area contributed by atoms with Crippen molar-refractivity contribution in [2.45, 2.75) is 19.4 Å². The second-order valence-corrected chi connectivity index (χ2v) is 4.17. The molecule has 16 heavy (non-hydrogen) atoms. The largest absolute Gasteiger partial charge is 0.507 e. The molecule has 2 rings (SSSR count). The van der Waals surface area contributed by atoms with Gasteiger partial charge in [0.05, 0.1) is 10.5 Å². The Kier molecular flexibility index (Phi) is 2.11. The second-order valence-electron chi connectivity index (χ2n) is 4.17. The maximum atomic E-state index is 10.6. The first-order valence-corrected chi connectivity index (χ1v) is 4.79. The van der Waals surface area contributed by atoms with Crippen molar-refractivity contribution in [3.8, 4) is 5.75 Å². The Bertz CT molecular complexity index is 491. The minimum atomic E-state index is -0.604. The zero-order chi connectivity index (χ0) is 11.9. The maximum Gasteiger partial charge on any atom is 0.270 e. The summed E-state index contributed by atoms with van der Waals surface area (Å²) in [6, 6.07) is 4.16. The molecule has 5 heteroatoms. The molecule has 0 aromatic heterocycles. The Balaban J connectivity index is 2.54. The molecule has 1 N–H and O–H groups in total. The number of nitro benzene ring substituents is 1. The normalized spacial score (nSPS) is 17.0. The summed E-state index contributed by atoms with van der Waals surface area (Å²) in [6.07, 6.45) is 1.53. The van der Waals surface area contributed by atoms with Gasteiger partial charge in [-0.2, -0.15) is 0 Å². The Morgan fingerprint density at radius 3 is 2.75 bits per heavy atom. The van der Waals surface area contributed by atoms with E-state index in [0.717, 1.165) is 0 Å². The molecule has 1 aromatic rings. The van der Waals surface area contributed by atoms with Crippen LogP contribution in [0, 0.1) is 10.1 Å². The van der Waals surface area contributed by atoms with Gasteiger partial charge in [0.15, 0.2) is 0 Å². The fourth-order valence-corrected chi connectivity index (χ4v) is 1.64. The number of aliphatic hydroxyl groups excluding tert-OH is 1. The summed E-state index contributed by atoms with van der Waals surface area (Å²) < 4.78 is 5.57. The summed E-state index contributed by atoms with van der Waals surface area (Å²) in [5, 5.41) is 20.3. The van der Waals surface area contributed by atoms with E-state index in [1.54, 1.807) is 13.8 Å². The molecule has 1 aliphatic rings. The van der Waals surface area contributed by atoms with E-state index in [9.17, 15) is 15.2 Å². The number of non-ortho nitro benzene ring substituents is 1. The highest BCUT2D eigenvalue weighted by Gasteiger charge is 2.27. The molecule has 0 saturated carbocycles. The summed E-state index contributed by atoms with van der Waals surface area (Å²) in [4.78, 5) is 10.1. The molecule has 0 bridgehead atoms. The monoisotopic (exact) mass is 221 g/mol. The van der Waals surface area contributed by atoms with Crippen molar-refractivity contribution in [1.29, 1.82) is 0 Å². The molecular formula is C11H11NO4. The number of rotatable bonds is 1. The first kappa shape index (κ1) is 10.5. The van der Waals surface area contributed by atoms with Crippen LogP contribution in [0.4, 0.5) is 5.69 Å². The number of ether oxygens (including phenoxy) is 1. The summed E-state index contributed by atoms with van der Waals surface area (Å²) in [5.74, 6) is 0.463. The highest BCUT2D eigenvalue weighted by molar-refractivity contribution is 5.69. The van der Waals surface area contributed by atoms with E-state index in [2.05, 4.69) is 0 Å². The number of nitrogens with zero attached hydrogens (tertiary/aromatic N) is 1. The van der Waals surface area contributed by atoms with Gasteiger partial charge < -0.3 is 9.84 Å². The van der Waals surface area contributed by atoms with Gasteiger partial charge in [-0.05, 0) is 19.9 Å². The minimum Gasteiger partial charge on any atom is -0.507 e. The van der Waals surface area contributed by atoms with Crippen LogP contribution in [-0.4, -0.2) is 15.6 Å². The Morgan fingerprint density at radius 2 is 2.12 bits per heavy atom. The molecule has 0 spiro atoms. The third kappa shape index (κ3) is 1.71. The Morgan fingerprint density at radius 1 is 1.44 bits per heavy atom. The summed E-state index contributed by atoms with van der Waals surface area (Å²) in [7, 11) is 0. The van der Waals surface area contributed by atoms with E-state index in [4.69, 9.17) is 4.74 Å². The lowest BCUT2D eigenvalue weighted by Gasteiger charge is -2.28. The average molecular weight is 221 g/mol. The number of hydrogen-bond acceptors (Lipinski definition) is 4. The second kappa shape index (κ2) is 3.23. The minimum absolute atomic E-state index is 0.00921. The van der Waals surface area contributed by atoms with Gasteiger partial charge in [-0.3, -0.25) is 10.1 Å². The van der Waals surface area contributed by atoms with Crippen LogP contribution >= 0.6 is 0 Å². The van der Waals surface area contributed by atoms with E-state index in [0.29, 0.717) is 11.3 Å². The standard InChI is InChI=1S/C11H11NO4/c1-11(2)6-9(13)8-5-7(12(14)15)3-4-10(8)16-11/h3-6,13H,1-2H3. The van der Waals surface area contributed by atoms with Crippen molar-refractivity contribution >= 4 is 11.4 Å². The molecule has 0 atom stereocenters. The molecule has 0 amide bonds. The van der Waals surface area contributed by atoms with Gasteiger partial charge in [0, 0.05) is 18.2 Å². The van der Waals surface area contributed by atoms with E-state index in [-0.39, 0.29) is 11.4 Å². The molecule has 0 saturated heterocycles. The quantitative estimate of drug-likeness (QED) is 0.584. The lowest BCUT2D eigenvalue weighted by molar-refractivity contribution is -0.384. The lowest BCUT2D eigenvalue weighted by Crippen LogP contribution is -2.28. The van der Waals surface area contributed by atoms with Gasteiger partial charge in [0.1, 0.15) is 17.1 Å². The van der Waals surface area contributed by atoms with Crippen LogP contribution < -0.4 is 4.74 Å². The van der Waals surface area contributed by atoms with Crippen molar-refractivity contribution < 1.29 is 14.8 Å². The lowest BCUT2D eigenvalue weighted by atomic mass is 10.0. The molecule has 5 nitrogen and oxygen atoms in total. The molecule has 1 heterocycles. The van der Waals surface area contributed by atoms with Gasteiger partial charge in [0.25, 0.3) is 5.69 Å². The maximum absolute atomic E-state index is 10.6. The van der Waals surface area contributed by atoms with Crippen molar-refractivity contribution in [2.24, 2.45) is 0 Å². The Labute approximate surface area is 92.1 Å². The average Bonchev–Trinajstić information content (AvgIpc) is 2.15.